The first kappa shape index (κ1) is 22.5. The van der Waals surface area contributed by atoms with E-state index in [1.807, 2.05) is 6.07 Å². The van der Waals surface area contributed by atoms with E-state index >= 15 is 0 Å². The molecule has 1 aliphatic rings. The molecule has 0 radical (unpaired) electrons. The number of benzene rings is 1. The molecule has 1 aromatic carbocycles. The Hall–Kier alpha value is -4.18. The van der Waals surface area contributed by atoms with E-state index in [0.717, 1.165) is 10.6 Å². The molecule has 1 N–H and O–H groups in total. The van der Waals surface area contributed by atoms with E-state index in [1.54, 1.807) is 19.9 Å². The molecule has 32 heavy (non-hydrogen) atoms. The number of rotatable bonds is 7. The molecule has 0 bridgehead atoms. The van der Waals surface area contributed by atoms with Crippen molar-refractivity contribution in [2.75, 3.05) is 6.61 Å². The third kappa shape index (κ3) is 4.44. The van der Waals surface area contributed by atoms with Crippen LogP contribution in [0.25, 0.3) is 0 Å². The third-order valence-corrected chi connectivity index (χ3v) is 5.02. The molecule has 3 unspecified atom stereocenters. The van der Waals surface area contributed by atoms with Gasteiger partial charge in [-0.05, 0) is 43.7 Å². The van der Waals surface area contributed by atoms with Crippen molar-refractivity contribution in [3.63, 3.8) is 0 Å². The highest BCUT2D eigenvalue weighted by Gasteiger charge is 2.44. The molecular weight excluding hydrogens is 428 g/mol. The zero-order valence-corrected chi connectivity index (χ0v) is 16.9. The standard InChI is InChI=1S/C19H18N4O9/c1-19(2)18(25)17(13-7-11(8-20)3-5-14(13)31-19)21-9-12(4-6-16(21)24)15(32-23(28)29)10-30-22(26)27/h3-7,9,15,17-18,25H,10H2,1-2H3. The molecule has 2 heterocycles. The molecule has 0 saturated heterocycles. The maximum atomic E-state index is 12.7. The summed E-state index contributed by atoms with van der Waals surface area (Å²) in [6.07, 6.45) is -1.59. The lowest BCUT2D eigenvalue weighted by Gasteiger charge is -2.42. The van der Waals surface area contributed by atoms with Gasteiger partial charge in [-0.2, -0.15) is 5.26 Å². The quantitative estimate of drug-likeness (QED) is 0.481. The number of hydrogen-bond acceptors (Lipinski definition) is 10. The van der Waals surface area contributed by atoms with E-state index < -0.39 is 46.2 Å². The zero-order valence-electron chi connectivity index (χ0n) is 16.9. The van der Waals surface area contributed by atoms with E-state index in [1.165, 1.54) is 24.4 Å². The smallest absolute Gasteiger partial charge is 0.295 e. The van der Waals surface area contributed by atoms with E-state index in [0.29, 0.717) is 11.3 Å². The van der Waals surface area contributed by atoms with Gasteiger partial charge in [-0.3, -0.25) is 4.79 Å². The number of hydrogen-bond donors (Lipinski definition) is 1. The second kappa shape index (κ2) is 8.52. The lowest BCUT2D eigenvalue weighted by Crippen LogP contribution is -2.52. The van der Waals surface area contributed by atoms with Crippen molar-refractivity contribution in [1.29, 1.82) is 5.26 Å². The van der Waals surface area contributed by atoms with Gasteiger partial charge in [0, 0.05) is 17.8 Å². The van der Waals surface area contributed by atoms with Crippen LogP contribution in [0.3, 0.4) is 0 Å². The maximum Gasteiger partial charge on any atom is 0.295 e. The Balaban J connectivity index is 2.14. The Bertz CT molecular complexity index is 1150. The van der Waals surface area contributed by atoms with Crippen LogP contribution in [-0.2, 0) is 9.68 Å². The average molecular weight is 446 g/mol. The largest absolute Gasteiger partial charge is 0.485 e. The van der Waals surface area contributed by atoms with E-state index in [9.17, 15) is 35.4 Å². The van der Waals surface area contributed by atoms with Crippen molar-refractivity contribution < 1.29 is 29.7 Å². The summed E-state index contributed by atoms with van der Waals surface area (Å²) in [6.45, 7) is 2.43. The topological polar surface area (TPSA) is 180 Å². The lowest BCUT2D eigenvalue weighted by molar-refractivity contribution is -0.792. The van der Waals surface area contributed by atoms with Crippen molar-refractivity contribution in [3.8, 4) is 11.8 Å². The van der Waals surface area contributed by atoms with Gasteiger partial charge in [0.1, 0.15) is 24.1 Å². The van der Waals surface area contributed by atoms with Crippen LogP contribution in [0, 0.1) is 31.6 Å². The molecule has 0 saturated carbocycles. The highest BCUT2D eigenvalue weighted by atomic mass is 17.0. The van der Waals surface area contributed by atoms with Gasteiger partial charge in [-0.1, -0.05) is 0 Å². The Morgan fingerprint density at radius 3 is 2.62 bits per heavy atom. The molecule has 0 fully saturated rings. The van der Waals surface area contributed by atoms with E-state index in [2.05, 4.69) is 9.68 Å². The summed E-state index contributed by atoms with van der Waals surface area (Å²) in [6, 6.07) is 7.79. The fraction of sp³-hybridized carbons (Fsp3) is 0.368. The Labute approximate surface area is 180 Å². The molecular formula is C19H18N4O9. The van der Waals surface area contributed by atoms with Crippen molar-refractivity contribution >= 4 is 0 Å². The van der Waals surface area contributed by atoms with Crippen LogP contribution < -0.4 is 10.3 Å². The van der Waals surface area contributed by atoms with Gasteiger partial charge in [0.2, 0.25) is 0 Å². The third-order valence-electron chi connectivity index (χ3n) is 5.02. The monoisotopic (exact) mass is 446 g/mol. The minimum atomic E-state index is -1.52. The molecule has 3 rings (SSSR count). The summed E-state index contributed by atoms with van der Waals surface area (Å²) in [5.74, 6) is 0.344. The average Bonchev–Trinajstić information content (AvgIpc) is 2.72. The first-order valence-corrected chi connectivity index (χ1v) is 9.25. The number of nitriles is 1. The van der Waals surface area contributed by atoms with Gasteiger partial charge in [-0.25, -0.2) is 0 Å². The molecule has 13 heteroatoms. The predicted molar refractivity (Wildman–Crippen MR) is 104 cm³/mol. The summed E-state index contributed by atoms with van der Waals surface area (Å²) >= 11 is 0. The number of ether oxygens (including phenoxy) is 1. The van der Waals surface area contributed by atoms with Crippen molar-refractivity contribution in [2.24, 2.45) is 0 Å². The minimum absolute atomic E-state index is 0.0256. The number of nitrogens with zero attached hydrogens (tertiary/aromatic N) is 4. The van der Waals surface area contributed by atoms with Gasteiger partial charge >= 0.3 is 0 Å². The maximum absolute atomic E-state index is 12.7. The Morgan fingerprint density at radius 1 is 1.28 bits per heavy atom. The van der Waals surface area contributed by atoms with Crippen LogP contribution in [0.1, 0.15) is 42.7 Å². The lowest BCUT2D eigenvalue weighted by atomic mass is 9.85. The fourth-order valence-electron chi connectivity index (χ4n) is 3.49. The van der Waals surface area contributed by atoms with Gasteiger partial charge in [0.05, 0.1) is 17.7 Å². The first-order valence-electron chi connectivity index (χ1n) is 9.25. The van der Waals surface area contributed by atoms with E-state index in [4.69, 9.17) is 4.74 Å². The molecule has 1 aromatic heterocycles. The summed E-state index contributed by atoms with van der Waals surface area (Å²) in [4.78, 5) is 42.8. The fourth-order valence-corrected chi connectivity index (χ4v) is 3.49. The Morgan fingerprint density at radius 2 is 2.00 bits per heavy atom. The second-order valence-corrected chi connectivity index (χ2v) is 7.50. The van der Waals surface area contributed by atoms with Crippen molar-refractivity contribution in [3.05, 3.63) is 83.8 Å². The van der Waals surface area contributed by atoms with Crippen LogP contribution >= 0.6 is 0 Å². The normalized spacial score (nSPS) is 19.6. The second-order valence-electron chi connectivity index (χ2n) is 7.50. The van der Waals surface area contributed by atoms with Crippen LogP contribution in [0.5, 0.6) is 5.75 Å². The molecule has 1 aliphatic heterocycles. The van der Waals surface area contributed by atoms with Crippen molar-refractivity contribution in [2.45, 2.75) is 37.7 Å². The van der Waals surface area contributed by atoms with E-state index in [-0.39, 0.29) is 11.1 Å². The highest BCUT2D eigenvalue weighted by molar-refractivity contribution is 5.47. The van der Waals surface area contributed by atoms with Gasteiger partial charge < -0.3 is 24.1 Å². The number of pyridine rings is 1. The Kier molecular flexibility index (Phi) is 5.99. The molecule has 0 spiro atoms. The summed E-state index contributed by atoms with van der Waals surface area (Å²) in [5.41, 5.74) is -1.06. The van der Waals surface area contributed by atoms with Gasteiger partial charge in [0.25, 0.3) is 15.7 Å². The molecule has 0 amide bonds. The summed E-state index contributed by atoms with van der Waals surface area (Å²) < 4.78 is 6.95. The van der Waals surface area contributed by atoms with Crippen molar-refractivity contribution in [1.82, 2.24) is 4.57 Å². The number of aromatic nitrogens is 1. The van der Waals surface area contributed by atoms with Crippen LogP contribution in [-0.4, -0.2) is 38.2 Å². The zero-order chi connectivity index (χ0) is 23.6. The number of fused-ring (bicyclic) bond motifs is 1. The molecule has 13 nitrogen and oxygen atoms in total. The molecule has 168 valence electrons. The highest BCUT2D eigenvalue weighted by Crippen LogP contribution is 2.42. The van der Waals surface area contributed by atoms with Crippen LogP contribution in [0.4, 0.5) is 0 Å². The molecule has 3 atom stereocenters. The van der Waals surface area contributed by atoms with Crippen LogP contribution in [0.2, 0.25) is 0 Å². The molecule has 2 aromatic rings. The number of aliphatic hydroxyl groups excluding tert-OH is 1. The predicted octanol–water partition coefficient (Wildman–Crippen LogP) is 1.30. The molecule has 0 aliphatic carbocycles. The summed E-state index contributed by atoms with van der Waals surface area (Å²) in [7, 11) is 0. The first-order chi connectivity index (χ1) is 15.0. The van der Waals surface area contributed by atoms with Crippen LogP contribution in [0.15, 0.2) is 41.3 Å². The van der Waals surface area contributed by atoms with Gasteiger partial charge in [-0.15, -0.1) is 20.2 Å². The SMILES string of the molecule is CC1(C)Oc2ccc(C#N)cc2C(n2cc(C(CO[N+](=O)[O-])O[N+](=O)[O-])ccc2=O)C1O. The van der Waals surface area contributed by atoms with Gasteiger partial charge in [0.15, 0.2) is 6.10 Å². The number of aliphatic hydroxyl groups is 1. The summed E-state index contributed by atoms with van der Waals surface area (Å²) in [5, 5.41) is 39.4. The minimum Gasteiger partial charge on any atom is -0.485 e.